The van der Waals surface area contributed by atoms with E-state index in [0.29, 0.717) is 18.7 Å². The van der Waals surface area contributed by atoms with Crippen LogP contribution in [0.5, 0.6) is 0 Å². The summed E-state index contributed by atoms with van der Waals surface area (Å²) in [5.74, 6) is -0.0635. The van der Waals surface area contributed by atoms with Gasteiger partial charge in [-0.3, -0.25) is 4.79 Å². The summed E-state index contributed by atoms with van der Waals surface area (Å²) in [5, 5.41) is 2.82. The van der Waals surface area contributed by atoms with Crippen LogP contribution >= 0.6 is 0 Å². The molecule has 3 nitrogen and oxygen atoms in total. The summed E-state index contributed by atoms with van der Waals surface area (Å²) in [6, 6.07) is 0. The lowest BCUT2D eigenvalue weighted by molar-refractivity contribution is -0.117. The first kappa shape index (κ1) is 12.9. The van der Waals surface area contributed by atoms with Crippen molar-refractivity contribution in [3.63, 3.8) is 0 Å². The van der Waals surface area contributed by atoms with Crippen molar-refractivity contribution in [3.05, 3.63) is 24.3 Å². The van der Waals surface area contributed by atoms with Crippen molar-refractivity contribution in [3.8, 4) is 0 Å². The molecule has 0 aromatic heterocycles. The van der Waals surface area contributed by atoms with Gasteiger partial charge in [0.25, 0.3) is 0 Å². The first-order valence-corrected chi connectivity index (χ1v) is 4.70. The highest BCUT2D eigenvalue weighted by Gasteiger charge is 2.16. The van der Waals surface area contributed by atoms with E-state index in [1.54, 1.807) is 19.1 Å². The fraction of sp³-hybridized carbons (Fsp3) is 0.545. The van der Waals surface area contributed by atoms with Crippen LogP contribution in [0.3, 0.4) is 0 Å². The Balaban J connectivity index is 4.09. The molecule has 0 saturated carbocycles. The molecular weight excluding hydrogens is 176 g/mol. The average molecular weight is 196 g/mol. The van der Waals surface area contributed by atoms with E-state index in [-0.39, 0.29) is 11.3 Å². The number of hydrogen-bond donors (Lipinski definition) is 2. The minimum Gasteiger partial charge on any atom is -0.352 e. The summed E-state index contributed by atoms with van der Waals surface area (Å²) in [4.78, 5) is 11.4. The van der Waals surface area contributed by atoms with Gasteiger partial charge in [0.2, 0.25) is 5.91 Å². The second-order valence-corrected chi connectivity index (χ2v) is 4.14. The summed E-state index contributed by atoms with van der Waals surface area (Å²) >= 11 is 0. The molecule has 0 atom stereocenters. The molecule has 0 saturated heterocycles. The number of nitrogens with one attached hydrogen (secondary N) is 1. The first-order valence-electron chi connectivity index (χ1n) is 4.70. The van der Waals surface area contributed by atoms with Crippen molar-refractivity contribution in [1.82, 2.24) is 5.32 Å². The average Bonchev–Trinajstić information content (AvgIpc) is 2.15. The van der Waals surface area contributed by atoms with E-state index >= 15 is 0 Å². The van der Waals surface area contributed by atoms with Gasteiger partial charge >= 0.3 is 0 Å². The van der Waals surface area contributed by atoms with E-state index in [4.69, 9.17) is 5.73 Å². The van der Waals surface area contributed by atoms with Crippen LogP contribution in [0, 0.1) is 5.41 Å². The van der Waals surface area contributed by atoms with Crippen LogP contribution in [-0.4, -0.2) is 19.0 Å². The summed E-state index contributed by atoms with van der Waals surface area (Å²) in [6.07, 6.45) is 3.29. The molecule has 0 rings (SSSR count). The molecule has 0 aliphatic heterocycles. The van der Waals surface area contributed by atoms with E-state index in [0.717, 1.165) is 0 Å². The lowest BCUT2D eigenvalue weighted by Gasteiger charge is -2.22. The Bertz CT molecular complexity index is 242. The molecular formula is C11H20N2O. The van der Waals surface area contributed by atoms with Gasteiger partial charge in [0.1, 0.15) is 0 Å². The Morgan fingerprint density at radius 2 is 2.14 bits per heavy atom. The van der Waals surface area contributed by atoms with Gasteiger partial charge in [-0.05, 0) is 18.9 Å². The highest BCUT2D eigenvalue weighted by atomic mass is 16.1. The van der Waals surface area contributed by atoms with Crippen molar-refractivity contribution >= 4 is 5.91 Å². The molecule has 0 unspecified atom stereocenters. The van der Waals surface area contributed by atoms with Crippen molar-refractivity contribution in [1.29, 1.82) is 0 Å². The minimum absolute atomic E-state index is 0.0515. The van der Waals surface area contributed by atoms with Crippen LogP contribution in [0.1, 0.15) is 20.8 Å². The van der Waals surface area contributed by atoms with E-state index in [9.17, 15) is 4.79 Å². The van der Waals surface area contributed by atoms with Crippen LogP contribution in [0.2, 0.25) is 0 Å². The number of allylic oxidation sites excluding steroid dienone is 2. The monoisotopic (exact) mass is 196 g/mol. The molecule has 0 aliphatic carbocycles. The predicted molar refractivity (Wildman–Crippen MR) is 59.8 cm³/mol. The molecule has 0 fully saturated rings. The number of amides is 1. The van der Waals surface area contributed by atoms with Gasteiger partial charge in [0.05, 0.1) is 0 Å². The van der Waals surface area contributed by atoms with Crippen LogP contribution < -0.4 is 11.1 Å². The van der Waals surface area contributed by atoms with Crippen molar-refractivity contribution < 1.29 is 4.79 Å². The second kappa shape index (κ2) is 5.60. The van der Waals surface area contributed by atoms with Crippen LogP contribution in [0.4, 0.5) is 0 Å². The molecule has 0 heterocycles. The van der Waals surface area contributed by atoms with Gasteiger partial charge in [0.15, 0.2) is 0 Å². The number of rotatable bonds is 5. The molecule has 3 heteroatoms. The third-order valence-electron chi connectivity index (χ3n) is 2.01. The Morgan fingerprint density at radius 1 is 1.57 bits per heavy atom. The zero-order chi connectivity index (χ0) is 11.2. The van der Waals surface area contributed by atoms with Crippen LogP contribution in [-0.2, 0) is 4.79 Å². The molecule has 0 aliphatic rings. The van der Waals surface area contributed by atoms with Crippen molar-refractivity contribution in [2.24, 2.45) is 11.1 Å². The largest absolute Gasteiger partial charge is 0.352 e. The Hall–Kier alpha value is -1.09. The second-order valence-electron chi connectivity index (χ2n) is 4.14. The Labute approximate surface area is 86.1 Å². The summed E-state index contributed by atoms with van der Waals surface area (Å²) in [5.41, 5.74) is 6.15. The maximum absolute atomic E-state index is 11.4. The quantitative estimate of drug-likeness (QED) is 0.513. The van der Waals surface area contributed by atoms with Gasteiger partial charge in [-0.2, -0.15) is 0 Å². The smallest absolute Gasteiger partial charge is 0.246 e. The standard InChI is InChI=1S/C11H20N2O/c1-5-6-9(2)10(14)13-8-11(3,4)7-12/h5-6H,1,7-8,12H2,2-4H3,(H,13,14). The van der Waals surface area contributed by atoms with Crippen molar-refractivity contribution in [2.75, 3.05) is 13.1 Å². The predicted octanol–water partition coefficient (Wildman–Crippen LogP) is 1.22. The third kappa shape index (κ3) is 4.82. The topological polar surface area (TPSA) is 55.1 Å². The van der Waals surface area contributed by atoms with Crippen LogP contribution in [0.15, 0.2) is 24.3 Å². The van der Waals surface area contributed by atoms with E-state index in [2.05, 4.69) is 11.9 Å². The molecule has 0 radical (unpaired) electrons. The fourth-order valence-electron chi connectivity index (χ4n) is 0.784. The minimum atomic E-state index is -0.0635. The summed E-state index contributed by atoms with van der Waals surface area (Å²) in [6.45, 7) is 10.5. The van der Waals surface area contributed by atoms with Gasteiger partial charge in [-0.15, -0.1) is 0 Å². The SMILES string of the molecule is C=CC=C(C)C(=O)NCC(C)(C)CN. The molecule has 80 valence electrons. The molecule has 0 spiro atoms. The van der Waals surface area contributed by atoms with E-state index in [1.165, 1.54) is 0 Å². The van der Waals surface area contributed by atoms with Crippen LogP contribution in [0.25, 0.3) is 0 Å². The van der Waals surface area contributed by atoms with Gasteiger partial charge < -0.3 is 11.1 Å². The molecule has 1 amide bonds. The molecule has 0 aromatic carbocycles. The number of hydrogen-bond acceptors (Lipinski definition) is 2. The van der Waals surface area contributed by atoms with Gasteiger partial charge in [-0.1, -0.05) is 32.6 Å². The number of nitrogens with two attached hydrogens (primary N) is 1. The first-order chi connectivity index (χ1) is 6.43. The highest BCUT2D eigenvalue weighted by Crippen LogP contribution is 2.10. The zero-order valence-electron chi connectivity index (χ0n) is 9.26. The highest BCUT2D eigenvalue weighted by molar-refractivity contribution is 5.93. The maximum atomic E-state index is 11.4. The fourth-order valence-corrected chi connectivity index (χ4v) is 0.784. The molecule has 3 N–H and O–H groups in total. The third-order valence-corrected chi connectivity index (χ3v) is 2.01. The Kier molecular flexibility index (Phi) is 5.16. The Morgan fingerprint density at radius 3 is 2.57 bits per heavy atom. The number of carbonyl (C=O) groups is 1. The summed E-state index contributed by atoms with van der Waals surface area (Å²) in [7, 11) is 0. The normalized spacial score (nSPS) is 12.4. The molecule has 14 heavy (non-hydrogen) atoms. The van der Waals surface area contributed by atoms with E-state index < -0.39 is 0 Å². The zero-order valence-corrected chi connectivity index (χ0v) is 9.26. The summed E-state index contributed by atoms with van der Waals surface area (Å²) < 4.78 is 0. The maximum Gasteiger partial charge on any atom is 0.246 e. The molecule has 0 bridgehead atoms. The van der Waals surface area contributed by atoms with Gasteiger partial charge in [-0.25, -0.2) is 0 Å². The van der Waals surface area contributed by atoms with Crippen molar-refractivity contribution in [2.45, 2.75) is 20.8 Å². The number of carbonyl (C=O) groups excluding carboxylic acids is 1. The molecule has 0 aromatic rings. The van der Waals surface area contributed by atoms with E-state index in [1.807, 2.05) is 13.8 Å². The lowest BCUT2D eigenvalue weighted by atomic mass is 9.94. The lowest BCUT2D eigenvalue weighted by Crippen LogP contribution is -2.38. The van der Waals surface area contributed by atoms with Gasteiger partial charge in [0, 0.05) is 12.1 Å².